The number of ether oxygens (including phenoxy) is 1. The first kappa shape index (κ1) is 18.7. The molecule has 4 nitrogen and oxygen atoms in total. The fraction of sp³-hybridized carbons (Fsp3) is 0.588. The second kappa shape index (κ2) is 9.64. The topological polar surface area (TPSA) is 36.5 Å². The largest absolute Gasteiger partial charge is 0.497 e. The van der Waals surface area contributed by atoms with E-state index in [0.717, 1.165) is 18.8 Å². The van der Waals surface area contributed by atoms with Crippen molar-refractivity contribution in [1.29, 1.82) is 0 Å². The highest BCUT2D eigenvalue weighted by atomic mass is 32.1. The van der Waals surface area contributed by atoms with Gasteiger partial charge in [0.1, 0.15) is 5.75 Å². The van der Waals surface area contributed by atoms with E-state index in [1.807, 2.05) is 24.3 Å². The van der Waals surface area contributed by atoms with Gasteiger partial charge in [-0.3, -0.25) is 4.90 Å². The molecule has 0 aliphatic carbocycles. The summed E-state index contributed by atoms with van der Waals surface area (Å²) in [5, 5.41) is 7.20. The highest BCUT2D eigenvalue weighted by Crippen LogP contribution is 2.10. The summed E-state index contributed by atoms with van der Waals surface area (Å²) in [6, 6.07) is 9.07. The van der Waals surface area contributed by atoms with Crippen molar-refractivity contribution in [2.45, 2.75) is 46.3 Å². The van der Waals surface area contributed by atoms with Gasteiger partial charge in [0, 0.05) is 31.7 Å². The summed E-state index contributed by atoms with van der Waals surface area (Å²) in [6.07, 6.45) is 0. The maximum atomic E-state index is 5.32. The Kier molecular flexibility index (Phi) is 8.20. The zero-order chi connectivity index (χ0) is 16.5. The van der Waals surface area contributed by atoms with E-state index in [2.05, 4.69) is 43.2 Å². The standard InChI is InChI=1S/C17H29N3OS/c1-13(2)20(14(3)4)11-10-18-17(22)19-12-15-6-8-16(21-5)9-7-15/h6-9,13-14H,10-12H2,1-5H3,(H2,18,19,22). The molecule has 124 valence electrons. The highest BCUT2D eigenvalue weighted by Gasteiger charge is 2.12. The third-order valence-electron chi connectivity index (χ3n) is 3.59. The predicted molar refractivity (Wildman–Crippen MR) is 97.4 cm³/mol. The molecule has 0 unspecified atom stereocenters. The van der Waals surface area contributed by atoms with Crippen molar-refractivity contribution in [3.8, 4) is 5.75 Å². The lowest BCUT2D eigenvalue weighted by atomic mass is 10.2. The van der Waals surface area contributed by atoms with Crippen molar-refractivity contribution in [2.24, 2.45) is 0 Å². The zero-order valence-electron chi connectivity index (χ0n) is 14.3. The first-order valence-electron chi connectivity index (χ1n) is 7.84. The average molecular weight is 324 g/mol. The first-order chi connectivity index (χ1) is 10.4. The summed E-state index contributed by atoms with van der Waals surface area (Å²) < 4.78 is 5.15. The van der Waals surface area contributed by atoms with Crippen LogP contribution in [0, 0.1) is 0 Å². The number of nitrogens with one attached hydrogen (secondary N) is 2. The van der Waals surface area contributed by atoms with Gasteiger partial charge in [-0.15, -0.1) is 0 Å². The number of nitrogens with zero attached hydrogens (tertiary/aromatic N) is 1. The molecule has 0 saturated carbocycles. The van der Waals surface area contributed by atoms with Crippen molar-refractivity contribution in [3.05, 3.63) is 29.8 Å². The van der Waals surface area contributed by atoms with E-state index in [4.69, 9.17) is 17.0 Å². The number of benzene rings is 1. The van der Waals surface area contributed by atoms with Crippen LogP contribution in [0.2, 0.25) is 0 Å². The van der Waals surface area contributed by atoms with Crippen LogP contribution >= 0.6 is 12.2 Å². The molecule has 0 bridgehead atoms. The van der Waals surface area contributed by atoms with Gasteiger partial charge in [0.25, 0.3) is 0 Å². The fourth-order valence-electron chi connectivity index (χ4n) is 2.40. The van der Waals surface area contributed by atoms with Gasteiger partial charge in [-0.05, 0) is 57.6 Å². The second-order valence-electron chi connectivity index (χ2n) is 5.88. The maximum absolute atomic E-state index is 5.32. The Labute approximate surface area is 140 Å². The fourth-order valence-corrected chi connectivity index (χ4v) is 2.57. The molecule has 1 rings (SSSR count). The van der Waals surface area contributed by atoms with Crippen LogP contribution < -0.4 is 15.4 Å². The molecule has 0 fully saturated rings. The molecule has 5 heteroatoms. The highest BCUT2D eigenvalue weighted by molar-refractivity contribution is 7.80. The SMILES string of the molecule is COc1ccc(CNC(=S)NCCN(C(C)C)C(C)C)cc1. The Balaban J connectivity index is 2.28. The van der Waals surface area contributed by atoms with Crippen LogP contribution in [0.5, 0.6) is 5.75 Å². The minimum Gasteiger partial charge on any atom is -0.497 e. The van der Waals surface area contributed by atoms with E-state index < -0.39 is 0 Å². The number of rotatable bonds is 8. The smallest absolute Gasteiger partial charge is 0.166 e. The molecule has 0 aliphatic rings. The second-order valence-corrected chi connectivity index (χ2v) is 6.29. The van der Waals surface area contributed by atoms with Crippen LogP contribution in [0.1, 0.15) is 33.3 Å². The predicted octanol–water partition coefficient (Wildman–Crippen LogP) is 2.78. The molecule has 0 radical (unpaired) electrons. The van der Waals surface area contributed by atoms with E-state index in [0.29, 0.717) is 23.7 Å². The van der Waals surface area contributed by atoms with Gasteiger partial charge in [-0.1, -0.05) is 12.1 Å². The monoisotopic (exact) mass is 323 g/mol. The molecule has 0 amide bonds. The lowest BCUT2D eigenvalue weighted by Crippen LogP contribution is -2.44. The quantitative estimate of drug-likeness (QED) is 0.720. The molecule has 0 saturated heterocycles. The number of hydrogen-bond acceptors (Lipinski definition) is 3. The Morgan fingerprint density at radius 3 is 2.18 bits per heavy atom. The molecule has 0 spiro atoms. The summed E-state index contributed by atoms with van der Waals surface area (Å²) in [4.78, 5) is 2.44. The van der Waals surface area contributed by atoms with Crippen molar-refractivity contribution < 1.29 is 4.74 Å². The Morgan fingerprint density at radius 1 is 1.09 bits per heavy atom. The van der Waals surface area contributed by atoms with Crippen LogP contribution in [-0.4, -0.2) is 42.3 Å². The molecule has 1 aromatic rings. The number of thiocarbonyl (C=S) groups is 1. The van der Waals surface area contributed by atoms with Gasteiger partial charge in [-0.25, -0.2) is 0 Å². The van der Waals surface area contributed by atoms with E-state index in [1.54, 1.807) is 7.11 Å². The lowest BCUT2D eigenvalue weighted by Gasteiger charge is -2.30. The van der Waals surface area contributed by atoms with Crippen molar-refractivity contribution in [1.82, 2.24) is 15.5 Å². The van der Waals surface area contributed by atoms with E-state index in [1.165, 1.54) is 5.56 Å². The van der Waals surface area contributed by atoms with Gasteiger partial charge in [0.15, 0.2) is 5.11 Å². The van der Waals surface area contributed by atoms with Crippen LogP contribution in [0.3, 0.4) is 0 Å². The van der Waals surface area contributed by atoms with Gasteiger partial charge >= 0.3 is 0 Å². The third-order valence-corrected chi connectivity index (χ3v) is 3.88. The summed E-state index contributed by atoms with van der Waals surface area (Å²) >= 11 is 5.32. The minimum absolute atomic E-state index is 0.544. The summed E-state index contributed by atoms with van der Waals surface area (Å²) in [5.41, 5.74) is 1.18. The molecule has 0 atom stereocenters. The third kappa shape index (κ3) is 6.62. The minimum atomic E-state index is 0.544. The van der Waals surface area contributed by atoms with E-state index >= 15 is 0 Å². The van der Waals surface area contributed by atoms with Crippen molar-refractivity contribution in [3.63, 3.8) is 0 Å². The lowest BCUT2D eigenvalue weighted by molar-refractivity contribution is 0.178. The van der Waals surface area contributed by atoms with Crippen LogP contribution in [-0.2, 0) is 6.54 Å². The van der Waals surface area contributed by atoms with Gasteiger partial charge in [0.05, 0.1) is 7.11 Å². The van der Waals surface area contributed by atoms with Crippen LogP contribution in [0.4, 0.5) is 0 Å². The normalized spacial score (nSPS) is 11.1. The summed E-state index contributed by atoms with van der Waals surface area (Å²) in [5.74, 6) is 0.868. The molecule has 0 aromatic heterocycles. The molecule has 22 heavy (non-hydrogen) atoms. The van der Waals surface area contributed by atoms with E-state index in [-0.39, 0.29) is 0 Å². The maximum Gasteiger partial charge on any atom is 0.166 e. The molecule has 0 heterocycles. The Bertz CT molecular complexity index is 438. The van der Waals surface area contributed by atoms with Gasteiger partial charge in [0.2, 0.25) is 0 Å². The molecule has 1 aromatic carbocycles. The van der Waals surface area contributed by atoms with Crippen molar-refractivity contribution in [2.75, 3.05) is 20.2 Å². The Hall–Kier alpha value is -1.33. The first-order valence-corrected chi connectivity index (χ1v) is 8.25. The van der Waals surface area contributed by atoms with Crippen LogP contribution in [0.25, 0.3) is 0 Å². The number of hydrogen-bond donors (Lipinski definition) is 2. The molecular weight excluding hydrogens is 294 g/mol. The van der Waals surface area contributed by atoms with Crippen LogP contribution in [0.15, 0.2) is 24.3 Å². The summed E-state index contributed by atoms with van der Waals surface area (Å²) in [6.45, 7) is 11.4. The number of methoxy groups -OCH3 is 1. The molecular formula is C17H29N3OS. The summed E-state index contributed by atoms with van der Waals surface area (Å²) in [7, 11) is 1.67. The average Bonchev–Trinajstić information content (AvgIpc) is 2.49. The van der Waals surface area contributed by atoms with Gasteiger partial charge in [-0.2, -0.15) is 0 Å². The van der Waals surface area contributed by atoms with Crippen molar-refractivity contribution >= 4 is 17.3 Å². The molecule has 2 N–H and O–H groups in total. The zero-order valence-corrected chi connectivity index (χ0v) is 15.2. The molecule has 0 aliphatic heterocycles. The Morgan fingerprint density at radius 2 is 1.68 bits per heavy atom. The van der Waals surface area contributed by atoms with Gasteiger partial charge < -0.3 is 15.4 Å². The van der Waals surface area contributed by atoms with E-state index in [9.17, 15) is 0 Å².